The maximum atomic E-state index is 12.8. The molecule has 1 N–H and O–H groups in total. The van der Waals surface area contributed by atoms with E-state index < -0.39 is 17.4 Å². The number of carbonyl (C=O) groups is 3. The van der Waals surface area contributed by atoms with Gasteiger partial charge in [0.2, 0.25) is 11.8 Å². The Morgan fingerprint density at radius 1 is 1.00 bits per heavy atom. The van der Waals surface area contributed by atoms with Crippen molar-refractivity contribution in [3.05, 3.63) is 0 Å². The van der Waals surface area contributed by atoms with Crippen molar-refractivity contribution in [2.24, 2.45) is 16.2 Å². The second kappa shape index (κ2) is 4.06. The first-order valence-electron chi connectivity index (χ1n) is 7.27. The Morgan fingerprint density at radius 3 is 1.80 bits per heavy atom. The summed E-state index contributed by atoms with van der Waals surface area (Å²) < 4.78 is 0. The number of hydrogen-bond donors (Lipinski definition) is 1. The summed E-state index contributed by atoms with van der Waals surface area (Å²) in [6.07, 6.45) is 0.817. The molecule has 0 bridgehead atoms. The lowest BCUT2D eigenvalue weighted by atomic mass is 9.78. The summed E-state index contributed by atoms with van der Waals surface area (Å²) in [5.41, 5.74) is -1.36. The lowest BCUT2D eigenvalue weighted by Crippen LogP contribution is -2.64. The van der Waals surface area contributed by atoms with Crippen molar-refractivity contribution in [3.63, 3.8) is 0 Å². The Labute approximate surface area is 120 Å². The third kappa shape index (κ3) is 1.52. The fourth-order valence-corrected chi connectivity index (χ4v) is 3.61. The van der Waals surface area contributed by atoms with Crippen molar-refractivity contribution in [3.8, 4) is 0 Å². The summed E-state index contributed by atoms with van der Waals surface area (Å²) in [7, 11) is 0. The largest absolute Gasteiger partial charge is 0.331 e. The maximum absolute atomic E-state index is 12.8. The first-order valence-corrected chi connectivity index (χ1v) is 7.27. The number of nitrogens with zero attached hydrogens (tertiary/aromatic N) is 1. The summed E-state index contributed by atoms with van der Waals surface area (Å²) in [6.45, 7) is 11.8. The van der Waals surface area contributed by atoms with Crippen LogP contribution in [0.3, 0.4) is 0 Å². The second-order valence-electron chi connectivity index (χ2n) is 7.07. The molecule has 4 amide bonds. The van der Waals surface area contributed by atoms with Crippen LogP contribution in [0.4, 0.5) is 4.79 Å². The molecule has 0 atom stereocenters. The summed E-state index contributed by atoms with van der Waals surface area (Å²) in [5.74, 6) is -0.787. The lowest BCUT2D eigenvalue weighted by Gasteiger charge is -2.39. The van der Waals surface area contributed by atoms with E-state index in [-0.39, 0.29) is 22.8 Å². The number of urea groups is 1. The number of rotatable bonds is 3. The Kier molecular flexibility index (Phi) is 3.04. The van der Waals surface area contributed by atoms with Gasteiger partial charge in [0.05, 0.1) is 6.04 Å². The Balaban J connectivity index is 2.43. The van der Waals surface area contributed by atoms with Gasteiger partial charge in [0, 0.05) is 0 Å². The number of carbonyl (C=O) groups excluding carboxylic acids is 3. The van der Waals surface area contributed by atoms with Crippen LogP contribution in [0.5, 0.6) is 0 Å². The number of barbiturate groups is 1. The summed E-state index contributed by atoms with van der Waals surface area (Å²) in [4.78, 5) is 38.4. The maximum Gasteiger partial charge on any atom is 0.331 e. The van der Waals surface area contributed by atoms with E-state index >= 15 is 0 Å². The number of hydrogen-bond acceptors (Lipinski definition) is 3. The van der Waals surface area contributed by atoms with Crippen LogP contribution in [0.25, 0.3) is 0 Å². The summed E-state index contributed by atoms with van der Waals surface area (Å²) >= 11 is 0. The van der Waals surface area contributed by atoms with Gasteiger partial charge in [0.1, 0.15) is 5.41 Å². The zero-order valence-electron chi connectivity index (χ0n) is 13.2. The third-order valence-electron chi connectivity index (χ3n) is 5.91. The minimum Gasteiger partial charge on any atom is -0.277 e. The van der Waals surface area contributed by atoms with Gasteiger partial charge in [-0.1, -0.05) is 41.5 Å². The van der Waals surface area contributed by atoms with Crippen molar-refractivity contribution >= 4 is 17.8 Å². The lowest BCUT2D eigenvalue weighted by molar-refractivity contribution is -0.153. The summed E-state index contributed by atoms with van der Waals surface area (Å²) in [5, 5.41) is 2.38. The van der Waals surface area contributed by atoms with Crippen LogP contribution in [-0.4, -0.2) is 28.8 Å². The van der Waals surface area contributed by atoms with Gasteiger partial charge in [0.25, 0.3) is 0 Å². The van der Waals surface area contributed by atoms with Crippen LogP contribution in [0.2, 0.25) is 0 Å². The summed E-state index contributed by atoms with van der Waals surface area (Å²) in [6, 6.07) is -0.728. The van der Waals surface area contributed by atoms with Crippen LogP contribution in [0.15, 0.2) is 0 Å². The monoisotopic (exact) mass is 280 g/mol. The van der Waals surface area contributed by atoms with Crippen molar-refractivity contribution in [2.45, 2.75) is 60.4 Å². The predicted molar refractivity (Wildman–Crippen MR) is 74.7 cm³/mol. The van der Waals surface area contributed by atoms with Crippen LogP contribution >= 0.6 is 0 Å². The Morgan fingerprint density at radius 2 is 1.45 bits per heavy atom. The van der Waals surface area contributed by atoms with Gasteiger partial charge in [-0.15, -0.1) is 0 Å². The highest BCUT2D eigenvalue weighted by atomic mass is 16.2. The zero-order chi connectivity index (χ0) is 15.5. The first-order chi connectivity index (χ1) is 9.07. The molecular formula is C15H24N2O3. The van der Waals surface area contributed by atoms with E-state index in [1.807, 2.05) is 41.5 Å². The van der Waals surface area contributed by atoms with E-state index in [0.717, 1.165) is 0 Å². The molecule has 1 aliphatic carbocycles. The van der Waals surface area contributed by atoms with Gasteiger partial charge in [-0.05, 0) is 23.7 Å². The van der Waals surface area contributed by atoms with E-state index in [1.54, 1.807) is 0 Å². The molecule has 1 aliphatic heterocycles. The molecule has 5 heteroatoms. The van der Waals surface area contributed by atoms with Crippen molar-refractivity contribution < 1.29 is 14.4 Å². The van der Waals surface area contributed by atoms with Crippen molar-refractivity contribution in [1.29, 1.82) is 0 Å². The standard InChI is InChI=1S/C15H24N2O3/c1-7-15(8-2)10(18)16-12(20)17(11(15)19)9-13(3,4)14(9,5)6/h9H,7-8H2,1-6H3,(H,16,18,20). The number of amides is 4. The molecule has 2 aliphatic rings. The average Bonchev–Trinajstić information content (AvgIpc) is 2.73. The van der Waals surface area contributed by atoms with Gasteiger partial charge in [-0.3, -0.25) is 19.8 Å². The van der Waals surface area contributed by atoms with Gasteiger partial charge in [0.15, 0.2) is 0 Å². The SMILES string of the molecule is CCC1(CC)C(=O)NC(=O)N(C2C(C)(C)C2(C)C)C1=O. The van der Waals surface area contributed by atoms with E-state index in [4.69, 9.17) is 0 Å². The molecular weight excluding hydrogens is 256 g/mol. The van der Waals surface area contributed by atoms with Gasteiger partial charge >= 0.3 is 6.03 Å². The zero-order valence-corrected chi connectivity index (χ0v) is 13.2. The fraction of sp³-hybridized carbons (Fsp3) is 0.800. The van der Waals surface area contributed by atoms with Crippen LogP contribution in [-0.2, 0) is 9.59 Å². The molecule has 1 heterocycles. The topological polar surface area (TPSA) is 66.5 Å². The molecule has 0 spiro atoms. The number of nitrogens with one attached hydrogen (secondary N) is 1. The Hall–Kier alpha value is -1.39. The predicted octanol–water partition coefficient (Wildman–Crippen LogP) is 2.31. The highest BCUT2D eigenvalue weighted by molar-refractivity contribution is 6.19. The Bertz CT molecular complexity index is 475. The fourth-order valence-electron chi connectivity index (χ4n) is 3.61. The van der Waals surface area contributed by atoms with Gasteiger partial charge < -0.3 is 0 Å². The smallest absolute Gasteiger partial charge is 0.277 e. The minimum absolute atomic E-state index is 0.131. The van der Waals surface area contributed by atoms with Crippen LogP contribution in [0, 0.1) is 16.2 Å². The van der Waals surface area contributed by atoms with Crippen LogP contribution < -0.4 is 5.32 Å². The highest BCUT2D eigenvalue weighted by Gasteiger charge is 2.71. The van der Waals surface area contributed by atoms with Crippen molar-refractivity contribution in [2.75, 3.05) is 0 Å². The molecule has 112 valence electrons. The van der Waals surface area contributed by atoms with Crippen LogP contribution in [0.1, 0.15) is 54.4 Å². The molecule has 0 aromatic heterocycles. The van der Waals surface area contributed by atoms with Crippen molar-refractivity contribution in [1.82, 2.24) is 10.2 Å². The van der Waals surface area contributed by atoms with E-state index in [2.05, 4.69) is 5.32 Å². The molecule has 1 saturated carbocycles. The van der Waals surface area contributed by atoms with E-state index in [1.165, 1.54) is 4.90 Å². The first kappa shape index (κ1) is 15.0. The molecule has 0 radical (unpaired) electrons. The van der Waals surface area contributed by atoms with Gasteiger partial charge in [-0.25, -0.2) is 4.79 Å². The molecule has 5 nitrogen and oxygen atoms in total. The normalized spacial score (nSPS) is 27.5. The molecule has 20 heavy (non-hydrogen) atoms. The molecule has 0 aromatic rings. The molecule has 1 saturated heterocycles. The molecule has 0 aromatic carbocycles. The molecule has 2 fully saturated rings. The minimum atomic E-state index is -1.09. The molecule has 2 rings (SSSR count). The highest BCUT2D eigenvalue weighted by Crippen LogP contribution is 2.66. The quantitative estimate of drug-likeness (QED) is 0.807. The van der Waals surface area contributed by atoms with E-state index in [9.17, 15) is 14.4 Å². The van der Waals surface area contributed by atoms with Gasteiger partial charge in [-0.2, -0.15) is 0 Å². The average molecular weight is 280 g/mol. The van der Waals surface area contributed by atoms with E-state index in [0.29, 0.717) is 12.8 Å². The third-order valence-corrected chi connectivity index (χ3v) is 5.91. The molecule has 0 unspecified atom stereocenters. The number of imide groups is 2. The second-order valence-corrected chi connectivity index (χ2v) is 7.07.